The molecule has 0 saturated heterocycles. The van der Waals surface area contributed by atoms with E-state index < -0.39 is 0 Å². The number of carbonyl (C=O) groups excluding carboxylic acids is 2. The van der Waals surface area contributed by atoms with Crippen LogP contribution in [0.1, 0.15) is 20.7 Å². The molecule has 0 saturated carbocycles. The number of rotatable bonds is 5. The van der Waals surface area contributed by atoms with Crippen LogP contribution < -0.4 is 10.6 Å². The Balaban J connectivity index is 1.55. The summed E-state index contributed by atoms with van der Waals surface area (Å²) in [5, 5.41) is 15.9. The van der Waals surface area contributed by atoms with E-state index in [-0.39, 0.29) is 23.4 Å². The van der Waals surface area contributed by atoms with Gasteiger partial charge in [-0.2, -0.15) is 0 Å². The molecule has 0 aliphatic carbocycles. The van der Waals surface area contributed by atoms with Crippen molar-refractivity contribution in [3.05, 3.63) is 108 Å². The van der Waals surface area contributed by atoms with Gasteiger partial charge in [-0.1, -0.05) is 30.3 Å². The topological polar surface area (TPSA) is 91.6 Å². The summed E-state index contributed by atoms with van der Waals surface area (Å²) in [6.07, 6.45) is 0. The van der Waals surface area contributed by atoms with Crippen molar-refractivity contribution in [2.45, 2.75) is 0 Å². The standard InChI is InChI=1S/C29H21FN2O4/c1-31-29(35)26-22-16-19(11-14-25(22)36-27(26)17-9-12-21(30)13-10-17)18-5-4-6-20(15-18)28(34)32-23-7-2-3-8-24(23)33/h2-16,33H,1H3,(H,31,35)(H,32,34). The number of phenols is 1. The van der Waals surface area contributed by atoms with Crippen molar-refractivity contribution in [2.24, 2.45) is 0 Å². The molecule has 0 aliphatic heterocycles. The number of nitrogens with one attached hydrogen (secondary N) is 2. The quantitative estimate of drug-likeness (QED) is 0.260. The third kappa shape index (κ3) is 4.30. The molecule has 178 valence electrons. The van der Waals surface area contributed by atoms with Crippen molar-refractivity contribution in [1.29, 1.82) is 0 Å². The first-order valence-electron chi connectivity index (χ1n) is 11.2. The molecule has 36 heavy (non-hydrogen) atoms. The Hall–Kier alpha value is -4.91. The van der Waals surface area contributed by atoms with E-state index in [0.717, 1.165) is 11.1 Å². The number of hydrogen-bond acceptors (Lipinski definition) is 4. The second kappa shape index (κ2) is 9.38. The van der Waals surface area contributed by atoms with Gasteiger partial charge in [0.15, 0.2) is 0 Å². The number of anilines is 1. The van der Waals surface area contributed by atoms with Crippen LogP contribution in [0, 0.1) is 5.82 Å². The first kappa shape index (κ1) is 22.9. The highest BCUT2D eigenvalue weighted by Gasteiger charge is 2.22. The first-order chi connectivity index (χ1) is 17.4. The van der Waals surface area contributed by atoms with Gasteiger partial charge in [0.05, 0.1) is 11.3 Å². The fourth-order valence-electron chi connectivity index (χ4n) is 4.05. The van der Waals surface area contributed by atoms with E-state index in [1.54, 1.807) is 54.6 Å². The lowest BCUT2D eigenvalue weighted by molar-refractivity contribution is 0.0963. The van der Waals surface area contributed by atoms with Gasteiger partial charge < -0.3 is 20.2 Å². The zero-order valence-electron chi connectivity index (χ0n) is 19.2. The van der Waals surface area contributed by atoms with Crippen molar-refractivity contribution in [2.75, 3.05) is 12.4 Å². The zero-order chi connectivity index (χ0) is 25.2. The first-order valence-corrected chi connectivity index (χ1v) is 11.2. The van der Waals surface area contributed by atoms with Crippen molar-refractivity contribution in [1.82, 2.24) is 5.32 Å². The minimum atomic E-state index is -0.384. The zero-order valence-corrected chi connectivity index (χ0v) is 19.2. The van der Waals surface area contributed by atoms with E-state index in [0.29, 0.717) is 39.1 Å². The van der Waals surface area contributed by atoms with E-state index in [1.807, 2.05) is 18.2 Å². The molecule has 4 aromatic carbocycles. The van der Waals surface area contributed by atoms with Gasteiger partial charge in [0.25, 0.3) is 11.8 Å². The van der Waals surface area contributed by atoms with Crippen molar-refractivity contribution < 1.29 is 23.5 Å². The summed E-state index contributed by atoms with van der Waals surface area (Å²) >= 11 is 0. The smallest absolute Gasteiger partial charge is 0.255 e. The maximum Gasteiger partial charge on any atom is 0.255 e. The molecule has 6 nitrogen and oxygen atoms in total. The highest BCUT2D eigenvalue weighted by molar-refractivity contribution is 6.12. The molecule has 5 rings (SSSR count). The van der Waals surface area contributed by atoms with Gasteiger partial charge in [-0.05, 0) is 71.8 Å². The Bertz CT molecular complexity index is 1610. The molecule has 3 N–H and O–H groups in total. The van der Waals surface area contributed by atoms with Crippen LogP contribution in [0.15, 0.2) is 95.4 Å². The van der Waals surface area contributed by atoms with Gasteiger partial charge in [-0.3, -0.25) is 9.59 Å². The largest absolute Gasteiger partial charge is 0.506 e. The maximum absolute atomic E-state index is 13.5. The van der Waals surface area contributed by atoms with Gasteiger partial charge in [0, 0.05) is 23.6 Å². The number of phenolic OH excluding ortho intramolecular Hbond substituents is 1. The van der Waals surface area contributed by atoms with Gasteiger partial charge in [0.1, 0.15) is 22.9 Å². The van der Waals surface area contributed by atoms with E-state index in [4.69, 9.17) is 4.42 Å². The number of para-hydroxylation sites is 2. The molecule has 0 unspecified atom stereocenters. The van der Waals surface area contributed by atoms with E-state index in [2.05, 4.69) is 10.6 Å². The van der Waals surface area contributed by atoms with Crippen LogP contribution in [-0.4, -0.2) is 24.0 Å². The summed E-state index contributed by atoms with van der Waals surface area (Å²) in [5.41, 5.74) is 3.68. The molecule has 0 radical (unpaired) electrons. The molecule has 7 heteroatoms. The summed E-state index contributed by atoms with van der Waals surface area (Å²) < 4.78 is 19.5. The Kier molecular flexibility index (Phi) is 5.96. The summed E-state index contributed by atoms with van der Waals surface area (Å²) in [6.45, 7) is 0. The van der Waals surface area contributed by atoms with Crippen LogP contribution in [0.4, 0.5) is 10.1 Å². The third-order valence-electron chi connectivity index (χ3n) is 5.86. The number of furan rings is 1. The maximum atomic E-state index is 13.5. The molecule has 5 aromatic rings. The molecule has 0 bridgehead atoms. The molecule has 0 spiro atoms. The Morgan fingerprint density at radius 1 is 0.806 bits per heavy atom. The van der Waals surface area contributed by atoms with Crippen LogP contribution in [0.2, 0.25) is 0 Å². The van der Waals surface area contributed by atoms with E-state index >= 15 is 0 Å². The Morgan fingerprint density at radius 3 is 2.28 bits per heavy atom. The number of benzene rings is 4. The average molecular weight is 480 g/mol. The molecule has 0 aliphatic rings. The summed E-state index contributed by atoms with van der Waals surface area (Å²) in [4.78, 5) is 25.6. The van der Waals surface area contributed by atoms with Crippen LogP contribution in [0.25, 0.3) is 33.4 Å². The number of carbonyl (C=O) groups is 2. The normalized spacial score (nSPS) is 10.8. The number of amides is 2. The van der Waals surface area contributed by atoms with Crippen LogP contribution in [-0.2, 0) is 0 Å². The van der Waals surface area contributed by atoms with Crippen molar-refractivity contribution >= 4 is 28.5 Å². The number of fused-ring (bicyclic) bond motifs is 1. The number of halogens is 1. The average Bonchev–Trinajstić information content (AvgIpc) is 3.29. The number of aromatic hydroxyl groups is 1. The monoisotopic (exact) mass is 480 g/mol. The lowest BCUT2D eigenvalue weighted by Crippen LogP contribution is -2.18. The van der Waals surface area contributed by atoms with Crippen molar-refractivity contribution in [3.8, 4) is 28.2 Å². The number of hydrogen-bond donors (Lipinski definition) is 3. The molecular weight excluding hydrogens is 459 g/mol. The summed E-state index contributed by atoms with van der Waals surface area (Å²) in [6, 6.07) is 24.7. The molecule has 1 aromatic heterocycles. The van der Waals surface area contributed by atoms with Crippen LogP contribution in [0.5, 0.6) is 5.75 Å². The van der Waals surface area contributed by atoms with E-state index in [1.165, 1.54) is 25.2 Å². The highest BCUT2D eigenvalue weighted by atomic mass is 19.1. The molecular formula is C29H21FN2O4. The second-order valence-corrected chi connectivity index (χ2v) is 8.16. The SMILES string of the molecule is CNC(=O)c1c(-c2ccc(F)cc2)oc2ccc(-c3cccc(C(=O)Nc4ccccc4O)c3)cc12. The minimum Gasteiger partial charge on any atom is -0.506 e. The highest BCUT2D eigenvalue weighted by Crippen LogP contribution is 2.36. The lowest BCUT2D eigenvalue weighted by Gasteiger charge is -2.09. The Labute approximate surface area is 206 Å². The minimum absolute atomic E-state index is 0.0221. The van der Waals surface area contributed by atoms with Crippen molar-refractivity contribution in [3.63, 3.8) is 0 Å². The third-order valence-corrected chi connectivity index (χ3v) is 5.86. The molecule has 0 fully saturated rings. The predicted octanol–water partition coefficient (Wildman–Crippen LogP) is 6.22. The molecule has 0 atom stereocenters. The van der Waals surface area contributed by atoms with Gasteiger partial charge in [-0.25, -0.2) is 4.39 Å². The second-order valence-electron chi connectivity index (χ2n) is 8.16. The predicted molar refractivity (Wildman–Crippen MR) is 136 cm³/mol. The molecule has 1 heterocycles. The van der Waals surface area contributed by atoms with Gasteiger partial charge in [0.2, 0.25) is 0 Å². The fraction of sp³-hybridized carbons (Fsp3) is 0.0345. The molecule has 2 amide bonds. The lowest BCUT2D eigenvalue weighted by atomic mass is 9.99. The summed E-state index contributed by atoms with van der Waals surface area (Å²) in [7, 11) is 1.53. The van der Waals surface area contributed by atoms with Gasteiger partial charge >= 0.3 is 0 Å². The van der Waals surface area contributed by atoms with Crippen LogP contribution >= 0.6 is 0 Å². The summed E-state index contributed by atoms with van der Waals surface area (Å²) in [5.74, 6) is -0.762. The van der Waals surface area contributed by atoms with Crippen LogP contribution in [0.3, 0.4) is 0 Å². The fourth-order valence-corrected chi connectivity index (χ4v) is 4.05. The van der Waals surface area contributed by atoms with Gasteiger partial charge in [-0.15, -0.1) is 0 Å². The van der Waals surface area contributed by atoms with E-state index in [9.17, 15) is 19.1 Å². The Morgan fingerprint density at radius 2 is 1.53 bits per heavy atom.